The van der Waals surface area contributed by atoms with E-state index in [0.717, 1.165) is 10.5 Å². The minimum atomic E-state index is -5.31. The topological polar surface area (TPSA) is 121 Å². The van der Waals surface area contributed by atoms with Crippen molar-refractivity contribution in [3.63, 3.8) is 0 Å². The van der Waals surface area contributed by atoms with Crippen LogP contribution < -0.4 is 15.5 Å². The average molecular weight is 578 g/mol. The quantitative estimate of drug-likeness (QED) is 0.265. The summed E-state index contributed by atoms with van der Waals surface area (Å²) in [6.45, 7) is 11.8. The predicted octanol–water partition coefficient (Wildman–Crippen LogP) is 4.71. The van der Waals surface area contributed by atoms with E-state index >= 15 is 0 Å². The molecule has 1 aromatic carbocycles. The lowest BCUT2D eigenvalue weighted by atomic mass is 9.99. The van der Waals surface area contributed by atoms with E-state index in [1.807, 2.05) is 13.8 Å². The summed E-state index contributed by atoms with van der Waals surface area (Å²) in [5.41, 5.74) is -0.478. The van der Waals surface area contributed by atoms with Crippen LogP contribution in [0.25, 0.3) is 0 Å². The smallest absolute Gasteiger partial charge is 0.430 e. The molecular formula is C28H34F3N5O5. The highest BCUT2D eigenvalue weighted by molar-refractivity contribution is 6.23. The van der Waals surface area contributed by atoms with Crippen LogP contribution in [0.15, 0.2) is 42.7 Å². The lowest BCUT2D eigenvalue weighted by Gasteiger charge is -2.28. The monoisotopic (exact) mass is 577 g/mol. The third-order valence-corrected chi connectivity index (χ3v) is 6.35. The van der Waals surface area contributed by atoms with E-state index in [2.05, 4.69) is 20.4 Å². The highest BCUT2D eigenvalue weighted by atomic mass is 19.4. The van der Waals surface area contributed by atoms with Crippen LogP contribution in [0, 0.1) is 0 Å². The maximum Gasteiger partial charge on any atom is 0.490 e. The van der Waals surface area contributed by atoms with Crippen LogP contribution >= 0.6 is 0 Å². The number of carbonyl (C=O) groups excluding carboxylic acids is 4. The van der Waals surface area contributed by atoms with Gasteiger partial charge in [0.2, 0.25) is 6.23 Å². The lowest BCUT2D eigenvalue weighted by Crippen LogP contribution is -2.53. The minimum Gasteiger partial charge on any atom is -0.430 e. The van der Waals surface area contributed by atoms with E-state index in [0.29, 0.717) is 5.56 Å². The number of amides is 4. The molecule has 1 aliphatic heterocycles. The molecule has 3 rings (SSSR count). The summed E-state index contributed by atoms with van der Waals surface area (Å²) in [6.07, 6.45) is -4.14. The molecule has 10 nitrogen and oxygen atoms in total. The molecule has 1 aromatic heterocycles. The first kappa shape index (κ1) is 31.5. The van der Waals surface area contributed by atoms with Crippen molar-refractivity contribution >= 4 is 35.2 Å². The fourth-order valence-corrected chi connectivity index (χ4v) is 4.21. The normalized spacial score (nSPS) is 16.3. The number of aromatic nitrogens is 1. The van der Waals surface area contributed by atoms with Gasteiger partial charge in [-0.2, -0.15) is 13.2 Å². The number of urea groups is 1. The van der Waals surface area contributed by atoms with Crippen LogP contribution in [0.5, 0.6) is 0 Å². The van der Waals surface area contributed by atoms with Crippen molar-refractivity contribution in [3.05, 3.63) is 53.9 Å². The molecular weight excluding hydrogens is 543 g/mol. The van der Waals surface area contributed by atoms with E-state index < -0.39 is 47.3 Å². The number of nitrogens with zero attached hydrogens (tertiary/aromatic N) is 3. The van der Waals surface area contributed by atoms with E-state index in [4.69, 9.17) is 0 Å². The molecule has 2 aromatic rings. The predicted molar refractivity (Wildman–Crippen MR) is 145 cm³/mol. The van der Waals surface area contributed by atoms with Gasteiger partial charge in [0.05, 0.1) is 5.69 Å². The Hall–Kier alpha value is -4.00. The Morgan fingerprint density at radius 1 is 1.05 bits per heavy atom. The number of hydrogen-bond donors (Lipinski definition) is 2. The molecule has 1 saturated heterocycles. The first-order valence-corrected chi connectivity index (χ1v) is 12.9. The number of pyridine rings is 1. The maximum absolute atomic E-state index is 13.5. The van der Waals surface area contributed by atoms with E-state index in [1.165, 1.54) is 11.0 Å². The molecule has 41 heavy (non-hydrogen) atoms. The molecule has 1 unspecified atom stereocenters. The van der Waals surface area contributed by atoms with Crippen molar-refractivity contribution in [1.29, 1.82) is 0 Å². The van der Waals surface area contributed by atoms with Crippen LogP contribution in [0.3, 0.4) is 0 Å². The summed E-state index contributed by atoms with van der Waals surface area (Å²) in [4.78, 5) is 58.1. The molecule has 0 radical (unpaired) electrons. The van der Waals surface area contributed by atoms with Gasteiger partial charge in [0.15, 0.2) is 0 Å². The standard InChI is InChI=1S/C28H34F3N5O5/c1-16(2)19-9-8-18(36-23(38)27(6,7)35(25(36)40)15-17-10-12-32-13-11-17)14-20(19)33-21(37)22(34-26(3,4)5)41-24(39)28(29,30)31/h8-14,16,22,34H,15H2,1-7H3,(H,33,37). The van der Waals surface area contributed by atoms with Crippen LogP contribution in [0.2, 0.25) is 0 Å². The van der Waals surface area contributed by atoms with Gasteiger partial charge in [-0.25, -0.2) is 14.5 Å². The van der Waals surface area contributed by atoms with Crippen LogP contribution in [0.1, 0.15) is 65.5 Å². The zero-order chi connectivity index (χ0) is 30.9. The Morgan fingerprint density at radius 3 is 2.20 bits per heavy atom. The Morgan fingerprint density at radius 2 is 1.66 bits per heavy atom. The molecule has 0 aliphatic carbocycles. The van der Waals surface area contributed by atoms with Gasteiger partial charge in [0.25, 0.3) is 11.8 Å². The summed E-state index contributed by atoms with van der Waals surface area (Å²) in [7, 11) is 0. The third-order valence-electron chi connectivity index (χ3n) is 6.35. The number of esters is 1. The lowest BCUT2D eigenvalue weighted by molar-refractivity contribution is -0.206. The third kappa shape index (κ3) is 7.20. The number of halogens is 3. The van der Waals surface area contributed by atoms with Crippen LogP contribution in [0.4, 0.5) is 29.3 Å². The number of alkyl halides is 3. The van der Waals surface area contributed by atoms with E-state index in [1.54, 1.807) is 71.3 Å². The van der Waals surface area contributed by atoms with Crippen molar-refractivity contribution in [1.82, 2.24) is 15.2 Å². The van der Waals surface area contributed by atoms with E-state index in [9.17, 15) is 32.3 Å². The number of benzene rings is 1. The maximum atomic E-state index is 13.5. The Bertz CT molecular complexity index is 1320. The summed E-state index contributed by atoms with van der Waals surface area (Å²) < 4.78 is 43.2. The Balaban J connectivity index is 1.97. The molecule has 4 amide bonds. The minimum absolute atomic E-state index is 0.136. The summed E-state index contributed by atoms with van der Waals surface area (Å²) >= 11 is 0. The fourth-order valence-electron chi connectivity index (χ4n) is 4.21. The zero-order valence-electron chi connectivity index (χ0n) is 23.9. The Kier molecular flexibility index (Phi) is 8.82. The molecule has 222 valence electrons. The number of anilines is 2. The van der Waals surface area contributed by atoms with Crippen molar-refractivity contribution in [2.24, 2.45) is 0 Å². The number of rotatable bonds is 8. The number of hydrogen-bond acceptors (Lipinski definition) is 7. The number of imide groups is 1. The largest absolute Gasteiger partial charge is 0.490 e. The van der Waals surface area contributed by atoms with E-state index in [-0.39, 0.29) is 23.8 Å². The summed E-state index contributed by atoms with van der Waals surface area (Å²) in [6, 6.07) is 7.45. The van der Waals surface area contributed by atoms with Crippen LogP contribution in [-0.2, 0) is 25.7 Å². The molecule has 0 spiro atoms. The summed E-state index contributed by atoms with van der Waals surface area (Å²) in [5, 5.41) is 5.09. The first-order chi connectivity index (χ1) is 18.8. The molecule has 2 N–H and O–H groups in total. The second kappa shape index (κ2) is 11.5. The first-order valence-electron chi connectivity index (χ1n) is 12.9. The van der Waals surface area contributed by atoms with Gasteiger partial charge >= 0.3 is 18.2 Å². The van der Waals surface area contributed by atoms with Crippen molar-refractivity contribution < 1.29 is 37.1 Å². The molecule has 1 aliphatic rings. The highest BCUT2D eigenvalue weighted by Crippen LogP contribution is 2.36. The van der Waals surface area contributed by atoms with Crippen LogP contribution in [-0.4, -0.2) is 57.2 Å². The molecule has 13 heteroatoms. The SMILES string of the molecule is CC(C)c1ccc(N2C(=O)N(Cc3ccncc3)C(C)(C)C2=O)cc1NC(=O)C(NC(C)(C)C)OC(=O)C(F)(F)F. The van der Waals surface area contributed by atoms with Gasteiger partial charge in [-0.05, 0) is 75.9 Å². The number of carbonyl (C=O) groups is 4. The van der Waals surface area contributed by atoms with Gasteiger partial charge in [-0.3, -0.25) is 19.9 Å². The van der Waals surface area contributed by atoms with Gasteiger partial charge in [-0.15, -0.1) is 0 Å². The molecule has 1 atom stereocenters. The molecule has 1 fully saturated rings. The second-order valence-electron chi connectivity index (χ2n) is 11.5. The van der Waals surface area contributed by atoms with Gasteiger partial charge in [0, 0.05) is 30.2 Å². The van der Waals surface area contributed by atoms with Gasteiger partial charge < -0.3 is 15.0 Å². The molecule has 0 bridgehead atoms. The zero-order valence-corrected chi connectivity index (χ0v) is 23.9. The van der Waals surface area contributed by atoms with Crippen molar-refractivity contribution in [2.45, 2.75) is 84.4 Å². The average Bonchev–Trinajstić information content (AvgIpc) is 3.01. The Labute approximate surface area is 236 Å². The van der Waals surface area contributed by atoms with Gasteiger partial charge in [0.1, 0.15) is 5.54 Å². The highest BCUT2D eigenvalue weighted by Gasteiger charge is 2.52. The number of ether oxygens (including phenoxy) is 1. The van der Waals surface area contributed by atoms with Crippen molar-refractivity contribution in [3.8, 4) is 0 Å². The molecule has 2 heterocycles. The van der Waals surface area contributed by atoms with Crippen molar-refractivity contribution in [2.75, 3.05) is 10.2 Å². The van der Waals surface area contributed by atoms with Gasteiger partial charge in [-0.1, -0.05) is 19.9 Å². The fraction of sp³-hybridized carbons (Fsp3) is 0.464. The summed E-state index contributed by atoms with van der Waals surface area (Å²) in [5.74, 6) is -4.28. The number of nitrogens with one attached hydrogen (secondary N) is 2. The molecule has 0 saturated carbocycles. The second-order valence-corrected chi connectivity index (χ2v) is 11.5.